The van der Waals surface area contributed by atoms with Crippen molar-refractivity contribution in [2.24, 2.45) is 0 Å². The van der Waals surface area contributed by atoms with E-state index in [4.69, 9.17) is 23.2 Å². The van der Waals surface area contributed by atoms with Gasteiger partial charge < -0.3 is 10.2 Å². The molecule has 0 saturated carbocycles. The average molecular weight is 315 g/mol. The summed E-state index contributed by atoms with van der Waals surface area (Å²) in [5.74, 6) is -1.44. The van der Waals surface area contributed by atoms with E-state index in [1.807, 2.05) is 0 Å². The van der Waals surface area contributed by atoms with Crippen molar-refractivity contribution in [3.63, 3.8) is 0 Å². The molecule has 1 aliphatic rings. The Kier molecular flexibility index (Phi) is 4.30. The molecule has 106 valence electrons. The Hall–Kier alpha value is -1.59. The summed E-state index contributed by atoms with van der Waals surface area (Å²) in [5, 5.41) is 2.99. The predicted molar refractivity (Wildman–Crippen MR) is 76.4 cm³/mol. The van der Waals surface area contributed by atoms with Crippen LogP contribution in [0.1, 0.15) is 23.2 Å². The number of Topliss-reactive ketones (excluding diaryl/α,β-unsaturated/α-hetero) is 1. The maximum absolute atomic E-state index is 12.0. The van der Waals surface area contributed by atoms with Gasteiger partial charge in [-0.15, -0.1) is 0 Å². The fourth-order valence-corrected chi connectivity index (χ4v) is 2.59. The van der Waals surface area contributed by atoms with Crippen LogP contribution in [0.5, 0.6) is 0 Å². The number of ketones is 1. The minimum atomic E-state index is -0.660. The van der Waals surface area contributed by atoms with Crippen molar-refractivity contribution in [2.75, 3.05) is 18.5 Å². The summed E-state index contributed by atoms with van der Waals surface area (Å²) in [5.41, 5.74) is 0.482. The van der Waals surface area contributed by atoms with E-state index in [9.17, 15) is 14.4 Å². The van der Waals surface area contributed by atoms with Crippen molar-refractivity contribution in [3.05, 3.63) is 27.7 Å². The third-order valence-electron chi connectivity index (χ3n) is 3.08. The monoisotopic (exact) mass is 314 g/mol. The highest BCUT2D eigenvalue weighted by atomic mass is 35.5. The van der Waals surface area contributed by atoms with E-state index in [-0.39, 0.29) is 29.5 Å². The standard InChI is InChI=1S/C13H12Cl2N2O3/c1-16-9(18)3-2-6-17-11-8(15)5-4-7(14)10(11)12(19)13(17)20/h4-5H,2-3,6H2,1H3,(H,16,18). The Bertz CT molecular complexity index is 602. The second-order valence-corrected chi connectivity index (χ2v) is 5.13. The number of hydrogen-bond donors (Lipinski definition) is 1. The summed E-state index contributed by atoms with van der Waals surface area (Å²) >= 11 is 12.0. The van der Waals surface area contributed by atoms with Crippen LogP contribution in [-0.4, -0.2) is 31.2 Å². The summed E-state index contributed by atoms with van der Waals surface area (Å²) in [7, 11) is 1.54. The normalized spacial score (nSPS) is 13.7. The number of nitrogens with one attached hydrogen (secondary N) is 1. The first-order valence-corrected chi connectivity index (χ1v) is 6.77. The van der Waals surface area contributed by atoms with Gasteiger partial charge in [0.15, 0.2) is 0 Å². The van der Waals surface area contributed by atoms with Gasteiger partial charge in [-0.1, -0.05) is 23.2 Å². The number of nitrogens with zero attached hydrogens (tertiary/aromatic N) is 1. The number of hydrogen-bond acceptors (Lipinski definition) is 3. The lowest BCUT2D eigenvalue weighted by molar-refractivity contribution is -0.121. The molecule has 0 bridgehead atoms. The van der Waals surface area contributed by atoms with E-state index < -0.39 is 11.7 Å². The second-order valence-electron chi connectivity index (χ2n) is 4.32. The summed E-state index contributed by atoms with van der Waals surface area (Å²) < 4.78 is 0. The van der Waals surface area contributed by atoms with Crippen molar-refractivity contribution in [3.8, 4) is 0 Å². The number of anilines is 1. The van der Waals surface area contributed by atoms with Crippen LogP contribution in [0.15, 0.2) is 12.1 Å². The molecule has 0 saturated heterocycles. The fraction of sp³-hybridized carbons (Fsp3) is 0.308. The van der Waals surface area contributed by atoms with Gasteiger partial charge in [-0.05, 0) is 18.6 Å². The molecule has 1 N–H and O–H groups in total. The largest absolute Gasteiger partial charge is 0.359 e. The molecule has 7 heteroatoms. The molecule has 2 amide bonds. The molecule has 1 aliphatic heterocycles. The second kappa shape index (κ2) is 5.81. The van der Waals surface area contributed by atoms with Gasteiger partial charge in [-0.2, -0.15) is 0 Å². The third-order valence-corrected chi connectivity index (χ3v) is 3.70. The fourth-order valence-electron chi connectivity index (χ4n) is 2.09. The van der Waals surface area contributed by atoms with E-state index in [0.29, 0.717) is 17.1 Å². The van der Waals surface area contributed by atoms with Crippen LogP contribution in [0.2, 0.25) is 10.0 Å². The van der Waals surface area contributed by atoms with Crippen LogP contribution in [0.4, 0.5) is 5.69 Å². The summed E-state index contributed by atoms with van der Waals surface area (Å²) in [6.07, 6.45) is 0.697. The quantitative estimate of drug-likeness (QED) is 0.865. The molecule has 0 atom stereocenters. The zero-order chi connectivity index (χ0) is 14.9. The molecule has 1 aromatic carbocycles. The molecule has 0 spiro atoms. The van der Waals surface area contributed by atoms with Gasteiger partial charge in [-0.25, -0.2) is 0 Å². The number of fused-ring (bicyclic) bond motifs is 1. The predicted octanol–water partition coefficient (Wildman–Crippen LogP) is 2.05. The molecule has 20 heavy (non-hydrogen) atoms. The van der Waals surface area contributed by atoms with E-state index in [1.165, 1.54) is 11.0 Å². The smallest absolute Gasteiger partial charge is 0.299 e. The lowest BCUT2D eigenvalue weighted by Gasteiger charge is -2.17. The third kappa shape index (κ3) is 2.51. The van der Waals surface area contributed by atoms with Gasteiger partial charge in [0.05, 0.1) is 21.3 Å². The number of halogens is 2. The maximum atomic E-state index is 12.0. The number of amides is 2. The first kappa shape index (κ1) is 14.8. The lowest BCUT2D eigenvalue weighted by Crippen LogP contribution is -2.31. The minimum Gasteiger partial charge on any atom is -0.359 e. The minimum absolute atomic E-state index is 0.125. The van der Waals surface area contributed by atoms with Gasteiger partial charge in [0.2, 0.25) is 5.91 Å². The van der Waals surface area contributed by atoms with Crippen molar-refractivity contribution in [1.82, 2.24) is 5.32 Å². The first-order chi connectivity index (χ1) is 9.47. The highest BCUT2D eigenvalue weighted by Gasteiger charge is 2.38. The van der Waals surface area contributed by atoms with E-state index >= 15 is 0 Å². The van der Waals surface area contributed by atoms with Gasteiger partial charge in [0.1, 0.15) is 0 Å². The van der Waals surface area contributed by atoms with Crippen molar-refractivity contribution in [2.45, 2.75) is 12.8 Å². The van der Waals surface area contributed by atoms with Crippen LogP contribution >= 0.6 is 23.2 Å². The number of rotatable bonds is 4. The Morgan fingerprint density at radius 2 is 1.90 bits per heavy atom. The molecule has 0 aliphatic carbocycles. The first-order valence-electron chi connectivity index (χ1n) is 6.02. The number of benzene rings is 1. The SMILES string of the molecule is CNC(=O)CCCN1C(=O)C(=O)c2c(Cl)ccc(Cl)c21. The van der Waals surface area contributed by atoms with Crippen molar-refractivity contribution < 1.29 is 14.4 Å². The highest BCUT2D eigenvalue weighted by molar-refractivity contribution is 6.56. The van der Waals surface area contributed by atoms with Crippen molar-refractivity contribution >= 4 is 46.5 Å². The van der Waals surface area contributed by atoms with E-state index in [0.717, 1.165) is 0 Å². The van der Waals surface area contributed by atoms with E-state index in [1.54, 1.807) is 13.1 Å². The lowest BCUT2D eigenvalue weighted by atomic mass is 10.1. The molecular formula is C13H12Cl2N2O3. The van der Waals surface area contributed by atoms with Crippen LogP contribution in [0.3, 0.4) is 0 Å². The summed E-state index contributed by atoms with van der Waals surface area (Å²) in [6, 6.07) is 3.03. The number of carbonyl (C=O) groups excluding carboxylic acids is 3. The van der Waals surface area contributed by atoms with Crippen LogP contribution in [0, 0.1) is 0 Å². The molecular weight excluding hydrogens is 303 g/mol. The Morgan fingerprint density at radius 3 is 2.55 bits per heavy atom. The summed E-state index contributed by atoms with van der Waals surface area (Å²) in [4.78, 5) is 36.3. The molecule has 0 unspecified atom stereocenters. The van der Waals surface area contributed by atoms with E-state index in [2.05, 4.69) is 5.32 Å². The Morgan fingerprint density at radius 1 is 1.25 bits per heavy atom. The maximum Gasteiger partial charge on any atom is 0.299 e. The average Bonchev–Trinajstić information content (AvgIpc) is 2.68. The molecule has 2 rings (SSSR count). The number of carbonyl (C=O) groups is 3. The zero-order valence-electron chi connectivity index (χ0n) is 10.7. The van der Waals surface area contributed by atoms with Gasteiger partial charge in [0, 0.05) is 20.0 Å². The molecule has 0 fully saturated rings. The highest BCUT2D eigenvalue weighted by Crippen LogP contribution is 2.39. The molecule has 0 radical (unpaired) electrons. The molecule has 0 aromatic heterocycles. The van der Waals surface area contributed by atoms with Crippen LogP contribution < -0.4 is 10.2 Å². The van der Waals surface area contributed by atoms with Gasteiger partial charge >= 0.3 is 0 Å². The topological polar surface area (TPSA) is 66.5 Å². The molecule has 1 aromatic rings. The van der Waals surface area contributed by atoms with Crippen molar-refractivity contribution in [1.29, 1.82) is 0 Å². The Labute approximate surface area is 125 Å². The molecule has 1 heterocycles. The van der Waals surface area contributed by atoms with Gasteiger partial charge in [-0.3, -0.25) is 14.4 Å². The Balaban J connectivity index is 2.25. The van der Waals surface area contributed by atoms with Crippen LogP contribution in [-0.2, 0) is 9.59 Å². The molecule has 5 nitrogen and oxygen atoms in total. The summed E-state index contributed by atoms with van der Waals surface area (Å²) in [6.45, 7) is 0.241. The van der Waals surface area contributed by atoms with Crippen LogP contribution in [0.25, 0.3) is 0 Å². The van der Waals surface area contributed by atoms with Gasteiger partial charge in [0.25, 0.3) is 11.7 Å². The zero-order valence-corrected chi connectivity index (χ0v) is 12.2.